The lowest BCUT2D eigenvalue weighted by molar-refractivity contribution is 0.775. The van der Waals surface area contributed by atoms with Gasteiger partial charge in [-0.2, -0.15) is 0 Å². The maximum absolute atomic E-state index is 4.46. The Morgan fingerprint density at radius 1 is 1.00 bits per heavy atom. The van der Waals surface area contributed by atoms with Gasteiger partial charge in [0.2, 0.25) is 0 Å². The number of pyridine rings is 1. The molecule has 1 nitrogen and oxygen atoms in total. The Hall–Kier alpha value is -0.850. The second-order valence-electron chi connectivity index (χ2n) is 4.47. The fraction of sp³-hybridized carbons (Fsp3) is 0.667. The van der Waals surface area contributed by atoms with E-state index in [9.17, 15) is 0 Å². The van der Waals surface area contributed by atoms with Crippen molar-refractivity contribution in [3.8, 4) is 0 Å². The first-order chi connectivity index (χ1) is 7.56. The Kier molecular flexibility index (Phi) is 7.03. The van der Waals surface area contributed by atoms with Crippen LogP contribution in [0.25, 0.3) is 0 Å². The molecule has 92 valence electrons. The van der Waals surface area contributed by atoms with Gasteiger partial charge in [0.1, 0.15) is 0 Å². The molecule has 0 aliphatic rings. The first-order valence-electron chi connectivity index (χ1n) is 6.55. The molecular weight excluding hydrogens is 194 g/mol. The van der Waals surface area contributed by atoms with Gasteiger partial charge in [0.05, 0.1) is 0 Å². The quantitative estimate of drug-likeness (QED) is 0.706. The summed E-state index contributed by atoms with van der Waals surface area (Å²) in [5.41, 5.74) is 4.07. The maximum atomic E-state index is 4.46. The van der Waals surface area contributed by atoms with Crippen LogP contribution >= 0.6 is 0 Å². The average molecular weight is 221 g/mol. The van der Waals surface area contributed by atoms with Crippen LogP contribution in [0, 0.1) is 0 Å². The van der Waals surface area contributed by atoms with E-state index in [0.29, 0.717) is 11.8 Å². The highest BCUT2D eigenvalue weighted by molar-refractivity contribution is 5.31. The lowest BCUT2D eigenvalue weighted by Crippen LogP contribution is -2.02. The van der Waals surface area contributed by atoms with Crippen molar-refractivity contribution >= 4 is 0 Å². The zero-order chi connectivity index (χ0) is 12.7. The molecule has 1 aromatic rings. The summed E-state index contributed by atoms with van der Waals surface area (Å²) < 4.78 is 0. The van der Waals surface area contributed by atoms with Crippen LogP contribution in [0.4, 0.5) is 0 Å². The van der Waals surface area contributed by atoms with Gasteiger partial charge in [-0.15, -0.1) is 0 Å². The second-order valence-corrected chi connectivity index (χ2v) is 4.47. The molecule has 0 saturated carbocycles. The molecule has 0 aromatic carbocycles. The fourth-order valence-electron chi connectivity index (χ4n) is 1.70. The molecular formula is C15H27N. The molecule has 0 spiro atoms. The summed E-state index contributed by atoms with van der Waals surface area (Å²) in [4.78, 5) is 4.46. The molecule has 1 heterocycles. The number of aryl methyl sites for hydroxylation is 1. The van der Waals surface area contributed by atoms with E-state index in [0.717, 1.165) is 6.42 Å². The lowest BCUT2D eigenvalue weighted by atomic mass is 9.91. The smallest absolute Gasteiger partial charge is 0.0403 e. The molecule has 0 radical (unpaired) electrons. The predicted octanol–water partition coefficient (Wildman–Crippen LogP) is 4.92. The van der Waals surface area contributed by atoms with E-state index in [2.05, 4.69) is 51.9 Å². The van der Waals surface area contributed by atoms with Crippen molar-refractivity contribution in [2.75, 3.05) is 0 Å². The third-order valence-electron chi connectivity index (χ3n) is 2.63. The van der Waals surface area contributed by atoms with E-state index >= 15 is 0 Å². The number of aromatic nitrogens is 1. The van der Waals surface area contributed by atoms with E-state index in [1.165, 1.54) is 16.8 Å². The van der Waals surface area contributed by atoms with Crippen LogP contribution in [0.15, 0.2) is 12.3 Å². The first kappa shape index (κ1) is 15.2. The van der Waals surface area contributed by atoms with Crippen LogP contribution in [-0.4, -0.2) is 4.98 Å². The van der Waals surface area contributed by atoms with Crippen molar-refractivity contribution in [3.63, 3.8) is 0 Å². The molecule has 0 saturated heterocycles. The van der Waals surface area contributed by atoms with Gasteiger partial charge in [-0.05, 0) is 35.4 Å². The molecule has 16 heavy (non-hydrogen) atoms. The van der Waals surface area contributed by atoms with Crippen molar-refractivity contribution in [2.45, 2.75) is 66.7 Å². The SMILES string of the molecule is CC.CCc1cc(C(C)C)c(C(C)C)cn1. The van der Waals surface area contributed by atoms with Crippen molar-refractivity contribution in [2.24, 2.45) is 0 Å². The number of hydrogen-bond acceptors (Lipinski definition) is 1. The number of rotatable bonds is 3. The minimum atomic E-state index is 0.575. The molecule has 0 fully saturated rings. The third kappa shape index (κ3) is 3.96. The van der Waals surface area contributed by atoms with Gasteiger partial charge in [0.15, 0.2) is 0 Å². The Morgan fingerprint density at radius 3 is 1.88 bits per heavy atom. The summed E-state index contributed by atoms with van der Waals surface area (Å²) in [5, 5.41) is 0. The molecule has 0 N–H and O–H groups in total. The standard InChI is InChI=1S/C13H21N.C2H6/c1-6-11-7-12(9(2)3)13(8-14-11)10(4)5;1-2/h7-10H,6H2,1-5H3;1-2H3. The van der Waals surface area contributed by atoms with Gasteiger partial charge < -0.3 is 0 Å². The van der Waals surface area contributed by atoms with E-state index in [1.807, 2.05) is 13.8 Å². The fourth-order valence-corrected chi connectivity index (χ4v) is 1.70. The minimum absolute atomic E-state index is 0.575. The van der Waals surface area contributed by atoms with Crippen molar-refractivity contribution in [1.82, 2.24) is 4.98 Å². The Bertz CT molecular complexity index is 300. The summed E-state index contributed by atoms with van der Waals surface area (Å²) in [7, 11) is 0. The Morgan fingerprint density at radius 2 is 1.50 bits per heavy atom. The van der Waals surface area contributed by atoms with Crippen molar-refractivity contribution in [1.29, 1.82) is 0 Å². The molecule has 1 heteroatoms. The van der Waals surface area contributed by atoms with E-state index in [1.54, 1.807) is 0 Å². The second kappa shape index (κ2) is 7.43. The molecule has 1 aromatic heterocycles. The summed E-state index contributed by atoms with van der Waals surface area (Å²) >= 11 is 0. The molecule has 0 aliphatic heterocycles. The van der Waals surface area contributed by atoms with Crippen LogP contribution in [0.5, 0.6) is 0 Å². The number of nitrogens with zero attached hydrogens (tertiary/aromatic N) is 1. The lowest BCUT2D eigenvalue weighted by Gasteiger charge is -2.16. The van der Waals surface area contributed by atoms with Crippen LogP contribution in [-0.2, 0) is 6.42 Å². The topological polar surface area (TPSA) is 12.9 Å². The van der Waals surface area contributed by atoms with Gasteiger partial charge in [0, 0.05) is 11.9 Å². The van der Waals surface area contributed by atoms with Gasteiger partial charge in [0.25, 0.3) is 0 Å². The van der Waals surface area contributed by atoms with Crippen LogP contribution < -0.4 is 0 Å². The van der Waals surface area contributed by atoms with E-state index < -0.39 is 0 Å². The molecule has 0 aliphatic carbocycles. The zero-order valence-electron chi connectivity index (χ0n) is 12.0. The molecule has 0 atom stereocenters. The maximum Gasteiger partial charge on any atom is 0.0403 e. The normalized spacial score (nSPS) is 10.3. The zero-order valence-corrected chi connectivity index (χ0v) is 12.0. The number of hydrogen-bond donors (Lipinski definition) is 0. The Labute approximate surface area is 101 Å². The molecule has 0 amide bonds. The van der Waals surface area contributed by atoms with E-state index in [-0.39, 0.29) is 0 Å². The minimum Gasteiger partial charge on any atom is -0.261 e. The van der Waals surface area contributed by atoms with E-state index in [4.69, 9.17) is 0 Å². The van der Waals surface area contributed by atoms with Gasteiger partial charge >= 0.3 is 0 Å². The molecule has 1 rings (SSSR count). The van der Waals surface area contributed by atoms with Crippen molar-refractivity contribution < 1.29 is 0 Å². The first-order valence-corrected chi connectivity index (χ1v) is 6.55. The highest BCUT2D eigenvalue weighted by Gasteiger charge is 2.10. The van der Waals surface area contributed by atoms with Crippen LogP contribution in [0.1, 0.15) is 77.1 Å². The third-order valence-corrected chi connectivity index (χ3v) is 2.63. The van der Waals surface area contributed by atoms with Gasteiger partial charge in [-0.25, -0.2) is 0 Å². The summed E-state index contributed by atoms with van der Waals surface area (Å²) in [5.74, 6) is 1.17. The van der Waals surface area contributed by atoms with Gasteiger partial charge in [-0.1, -0.05) is 48.5 Å². The largest absolute Gasteiger partial charge is 0.261 e. The summed E-state index contributed by atoms with van der Waals surface area (Å²) in [6.07, 6.45) is 3.08. The Balaban J connectivity index is 0.00000106. The highest BCUT2D eigenvalue weighted by Crippen LogP contribution is 2.25. The summed E-state index contributed by atoms with van der Waals surface area (Å²) in [6.45, 7) is 15.1. The highest BCUT2D eigenvalue weighted by atomic mass is 14.7. The average Bonchev–Trinajstić information content (AvgIpc) is 2.30. The monoisotopic (exact) mass is 221 g/mol. The summed E-state index contributed by atoms with van der Waals surface area (Å²) in [6, 6.07) is 2.26. The van der Waals surface area contributed by atoms with Crippen LogP contribution in [0.2, 0.25) is 0 Å². The van der Waals surface area contributed by atoms with Crippen molar-refractivity contribution in [3.05, 3.63) is 29.1 Å². The van der Waals surface area contributed by atoms with Gasteiger partial charge in [-0.3, -0.25) is 4.98 Å². The van der Waals surface area contributed by atoms with Crippen LogP contribution in [0.3, 0.4) is 0 Å². The molecule has 0 unspecified atom stereocenters. The molecule has 0 bridgehead atoms. The predicted molar refractivity (Wildman–Crippen MR) is 73.1 cm³/mol.